The van der Waals surface area contributed by atoms with Crippen LogP contribution in [-0.2, 0) is 19.1 Å². The molecule has 4 nitrogen and oxygen atoms in total. The van der Waals surface area contributed by atoms with Crippen molar-refractivity contribution in [2.45, 2.75) is 38.0 Å². The number of carbonyl (C=O) groups excluding carboxylic acids is 2. The molecule has 0 amide bonds. The van der Waals surface area contributed by atoms with Crippen LogP contribution in [-0.4, -0.2) is 28.5 Å². The van der Waals surface area contributed by atoms with Crippen molar-refractivity contribution >= 4 is 22.2 Å². The minimum atomic E-state index is -0.833. The van der Waals surface area contributed by atoms with E-state index in [1.807, 2.05) is 0 Å². The Morgan fingerprint density at radius 1 is 1.06 bits per heavy atom. The Bertz CT molecular complexity index is 254. The fraction of sp³-hybridized carbons (Fsp3) is 0.500. The lowest BCUT2D eigenvalue weighted by Crippen LogP contribution is -2.23. The molecule has 0 aliphatic rings. The molecule has 0 aromatic carbocycles. The summed E-state index contributed by atoms with van der Waals surface area (Å²) in [6.45, 7) is 6.58. The minimum Gasteiger partial charge on any atom is -0.422 e. The predicted octanol–water partition coefficient (Wildman–Crippen LogP) is 1.11. The summed E-state index contributed by atoms with van der Waals surface area (Å²) in [6, 6.07) is 1.25. The standard InChI is InChI=1S/C12H20O4Si/c1-3-10(13)15-12(16-11(14)4-2)8-6-5-7-9-17/h3-4,12H,1-2,5-9H2,17H3. The summed E-state index contributed by atoms with van der Waals surface area (Å²) >= 11 is 0. The van der Waals surface area contributed by atoms with Gasteiger partial charge >= 0.3 is 11.9 Å². The number of esters is 2. The molecule has 0 saturated heterocycles. The number of hydrogen-bond donors (Lipinski definition) is 0. The lowest BCUT2D eigenvalue weighted by atomic mass is 10.2. The van der Waals surface area contributed by atoms with Crippen LogP contribution in [0.15, 0.2) is 25.3 Å². The van der Waals surface area contributed by atoms with Gasteiger partial charge in [0, 0.05) is 28.8 Å². The molecular weight excluding hydrogens is 236 g/mol. The second-order valence-electron chi connectivity index (χ2n) is 3.56. The molecule has 0 fully saturated rings. The molecule has 0 atom stereocenters. The van der Waals surface area contributed by atoms with Crippen molar-refractivity contribution < 1.29 is 19.1 Å². The van der Waals surface area contributed by atoms with E-state index in [1.54, 1.807) is 0 Å². The van der Waals surface area contributed by atoms with Gasteiger partial charge in [0.25, 0.3) is 0 Å². The highest BCUT2D eigenvalue weighted by atomic mass is 28.1. The topological polar surface area (TPSA) is 52.6 Å². The number of rotatable bonds is 9. The lowest BCUT2D eigenvalue weighted by Gasteiger charge is -2.16. The molecule has 0 radical (unpaired) electrons. The molecule has 0 N–H and O–H groups in total. The first-order valence-electron chi connectivity index (χ1n) is 5.80. The van der Waals surface area contributed by atoms with E-state index in [0.29, 0.717) is 6.42 Å². The molecular formula is C12H20O4Si. The zero-order valence-corrected chi connectivity index (χ0v) is 12.3. The Balaban J connectivity index is 4.09. The third kappa shape index (κ3) is 8.44. The molecule has 5 heteroatoms. The van der Waals surface area contributed by atoms with E-state index in [4.69, 9.17) is 9.47 Å². The van der Waals surface area contributed by atoms with Gasteiger partial charge in [0.1, 0.15) is 0 Å². The van der Waals surface area contributed by atoms with Gasteiger partial charge in [-0.3, -0.25) is 0 Å². The maximum atomic E-state index is 11.0. The third-order valence-electron chi connectivity index (χ3n) is 2.12. The zero-order chi connectivity index (χ0) is 13.1. The van der Waals surface area contributed by atoms with Crippen LogP contribution in [0.2, 0.25) is 6.04 Å². The molecule has 0 aromatic heterocycles. The highest BCUT2D eigenvalue weighted by Crippen LogP contribution is 2.10. The number of carbonyl (C=O) groups is 2. The van der Waals surface area contributed by atoms with Crippen molar-refractivity contribution in [1.82, 2.24) is 0 Å². The van der Waals surface area contributed by atoms with Crippen molar-refractivity contribution in [1.29, 1.82) is 0 Å². The van der Waals surface area contributed by atoms with E-state index in [9.17, 15) is 9.59 Å². The van der Waals surface area contributed by atoms with Crippen LogP contribution in [0.4, 0.5) is 0 Å². The Hall–Kier alpha value is -1.36. The average Bonchev–Trinajstić information content (AvgIpc) is 2.33. The Labute approximate surface area is 105 Å². The van der Waals surface area contributed by atoms with Gasteiger partial charge in [-0.15, -0.1) is 0 Å². The Kier molecular flexibility index (Phi) is 9.05. The van der Waals surface area contributed by atoms with E-state index < -0.39 is 18.2 Å². The molecule has 0 unspecified atom stereocenters. The van der Waals surface area contributed by atoms with Crippen molar-refractivity contribution in [3.8, 4) is 0 Å². The molecule has 0 rings (SSSR count). The summed E-state index contributed by atoms with van der Waals surface area (Å²) < 4.78 is 9.83. The molecule has 0 spiro atoms. The smallest absolute Gasteiger partial charge is 0.333 e. The van der Waals surface area contributed by atoms with E-state index in [1.165, 1.54) is 22.7 Å². The predicted molar refractivity (Wildman–Crippen MR) is 69.6 cm³/mol. The van der Waals surface area contributed by atoms with Crippen molar-refractivity contribution in [3.63, 3.8) is 0 Å². The van der Waals surface area contributed by atoms with Gasteiger partial charge in [0.2, 0.25) is 6.29 Å². The van der Waals surface area contributed by atoms with Gasteiger partial charge in [-0.1, -0.05) is 32.0 Å². The average molecular weight is 256 g/mol. The van der Waals surface area contributed by atoms with Crippen molar-refractivity contribution in [2.24, 2.45) is 0 Å². The van der Waals surface area contributed by atoms with E-state index in [-0.39, 0.29) is 0 Å². The third-order valence-corrected chi connectivity index (χ3v) is 2.83. The molecule has 96 valence electrons. The summed E-state index contributed by atoms with van der Waals surface area (Å²) in [6.07, 6.45) is 4.86. The molecule has 0 saturated carbocycles. The molecule has 0 bridgehead atoms. The maximum absolute atomic E-state index is 11.0. The minimum absolute atomic E-state index is 0.515. The van der Waals surface area contributed by atoms with E-state index >= 15 is 0 Å². The normalized spacial score (nSPS) is 9.94. The van der Waals surface area contributed by atoms with Crippen molar-refractivity contribution in [3.05, 3.63) is 25.3 Å². The maximum Gasteiger partial charge on any atom is 0.333 e. The van der Waals surface area contributed by atoms with Crippen LogP contribution in [0.25, 0.3) is 0 Å². The van der Waals surface area contributed by atoms with E-state index in [2.05, 4.69) is 13.2 Å². The number of ether oxygens (including phenoxy) is 2. The van der Waals surface area contributed by atoms with Crippen LogP contribution in [0.3, 0.4) is 0 Å². The summed E-state index contributed by atoms with van der Waals surface area (Å²) in [7, 11) is 1.20. The van der Waals surface area contributed by atoms with Crippen LogP contribution in [0, 0.1) is 0 Å². The summed E-state index contributed by atoms with van der Waals surface area (Å²) in [5.74, 6) is -1.18. The van der Waals surface area contributed by atoms with Crippen molar-refractivity contribution in [2.75, 3.05) is 0 Å². The quantitative estimate of drug-likeness (QED) is 0.204. The van der Waals surface area contributed by atoms with Crippen LogP contribution >= 0.6 is 0 Å². The molecule has 0 aromatic rings. The zero-order valence-electron chi connectivity index (χ0n) is 10.3. The largest absolute Gasteiger partial charge is 0.422 e. The highest BCUT2D eigenvalue weighted by molar-refractivity contribution is 6.08. The van der Waals surface area contributed by atoms with Gasteiger partial charge in [-0.25, -0.2) is 9.59 Å². The number of hydrogen-bond acceptors (Lipinski definition) is 4. The Morgan fingerprint density at radius 2 is 1.59 bits per heavy atom. The van der Waals surface area contributed by atoms with E-state index in [0.717, 1.165) is 25.0 Å². The monoisotopic (exact) mass is 256 g/mol. The SMILES string of the molecule is C=CC(=O)OC(CCCCC[SiH3])OC(=O)C=C. The second-order valence-corrected chi connectivity index (χ2v) is 4.56. The second kappa shape index (κ2) is 9.83. The summed E-state index contributed by atoms with van der Waals surface area (Å²) in [5.41, 5.74) is 0. The first kappa shape index (κ1) is 15.6. The molecule has 0 heterocycles. The van der Waals surface area contributed by atoms with Gasteiger partial charge in [0.15, 0.2) is 0 Å². The van der Waals surface area contributed by atoms with Gasteiger partial charge in [-0.2, -0.15) is 0 Å². The van der Waals surface area contributed by atoms with Gasteiger partial charge in [0.05, 0.1) is 0 Å². The lowest BCUT2D eigenvalue weighted by molar-refractivity contribution is -0.182. The highest BCUT2D eigenvalue weighted by Gasteiger charge is 2.15. The molecule has 0 aliphatic carbocycles. The Morgan fingerprint density at radius 3 is 2.00 bits per heavy atom. The fourth-order valence-electron chi connectivity index (χ4n) is 1.24. The van der Waals surface area contributed by atoms with Gasteiger partial charge in [-0.05, 0) is 6.42 Å². The molecule has 0 aliphatic heterocycles. The first-order valence-corrected chi connectivity index (χ1v) is 7.21. The van der Waals surface area contributed by atoms with Crippen LogP contribution in [0.1, 0.15) is 25.7 Å². The summed E-state index contributed by atoms with van der Waals surface area (Å²) in [4.78, 5) is 22.1. The molecule has 17 heavy (non-hydrogen) atoms. The first-order chi connectivity index (χ1) is 8.13. The summed E-state index contributed by atoms with van der Waals surface area (Å²) in [5, 5.41) is 0. The fourth-order valence-corrected chi connectivity index (χ4v) is 1.74. The number of unbranched alkanes of at least 4 members (excludes halogenated alkanes) is 2. The van der Waals surface area contributed by atoms with Crippen LogP contribution < -0.4 is 0 Å². The van der Waals surface area contributed by atoms with Crippen LogP contribution in [0.5, 0.6) is 0 Å². The van der Waals surface area contributed by atoms with Gasteiger partial charge < -0.3 is 9.47 Å².